The molecule has 3 aromatic rings. The van der Waals surface area contributed by atoms with E-state index in [2.05, 4.69) is 23.7 Å². The molecule has 0 saturated heterocycles. The maximum atomic E-state index is 12.8. The van der Waals surface area contributed by atoms with Gasteiger partial charge in [0.25, 0.3) is 0 Å². The molecule has 0 aliphatic rings. The van der Waals surface area contributed by atoms with Gasteiger partial charge < -0.3 is 9.64 Å². The maximum Gasteiger partial charge on any atom is 0.339 e. The van der Waals surface area contributed by atoms with E-state index in [1.165, 1.54) is 0 Å². The van der Waals surface area contributed by atoms with Crippen LogP contribution in [0.1, 0.15) is 24.2 Å². The molecule has 0 radical (unpaired) electrons. The summed E-state index contributed by atoms with van der Waals surface area (Å²) in [7, 11) is 0. The number of aromatic nitrogens is 1. The Labute approximate surface area is 154 Å². The highest BCUT2D eigenvalue weighted by molar-refractivity contribution is 6.14. The predicted molar refractivity (Wildman–Crippen MR) is 105 cm³/mol. The number of para-hydroxylation sites is 2. The summed E-state index contributed by atoms with van der Waals surface area (Å²) in [6.45, 7) is 7.26. The Bertz CT molecular complexity index is 809. The van der Waals surface area contributed by atoms with Crippen LogP contribution in [0, 0.1) is 0 Å². The molecule has 0 fully saturated rings. The van der Waals surface area contributed by atoms with Crippen LogP contribution in [0.5, 0.6) is 0 Å². The normalized spacial score (nSPS) is 10.8. The Morgan fingerprint density at radius 2 is 1.48 bits per heavy atom. The minimum atomic E-state index is -0.281. The van der Waals surface area contributed by atoms with Crippen molar-refractivity contribution >= 4 is 40.2 Å². The monoisotopic (exact) mass is 358 g/mol. The van der Waals surface area contributed by atoms with Crippen LogP contribution in [0.25, 0.3) is 21.8 Å². The molecule has 0 aliphatic carbocycles. The second kappa shape index (κ2) is 8.79. The van der Waals surface area contributed by atoms with Gasteiger partial charge in [0.05, 0.1) is 16.6 Å². The molecule has 5 heteroatoms. The van der Waals surface area contributed by atoms with Gasteiger partial charge in [-0.1, -0.05) is 50.2 Å². The summed E-state index contributed by atoms with van der Waals surface area (Å²) in [5, 5.41) is 1.67. The Morgan fingerprint density at radius 3 is 2.00 bits per heavy atom. The van der Waals surface area contributed by atoms with Gasteiger partial charge >= 0.3 is 5.97 Å². The molecular formula is C20H23ClN2O2. The fourth-order valence-electron chi connectivity index (χ4n) is 2.94. The van der Waals surface area contributed by atoms with E-state index in [-0.39, 0.29) is 18.4 Å². The molecule has 132 valence electrons. The smallest absolute Gasteiger partial charge is 0.339 e. The molecule has 0 atom stereocenters. The summed E-state index contributed by atoms with van der Waals surface area (Å²) < 4.78 is 5.57. The van der Waals surface area contributed by atoms with Crippen molar-refractivity contribution in [2.24, 2.45) is 0 Å². The number of ether oxygens (including phenoxy) is 1. The molecule has 4 nitrogen and oxygen atoms in total. The van der Waals surface area contributed by atoms with E-state index in [1.54, 1.807) is 0 Å². The van der Waals surface area contributed by atoms with Gasteiger partial charge in [0, 0.05) is 17.3 Å². The molecule has 0 aliphatic heterocycles. The average Bonchev–Trinajstić information content (AvgIpc) is 2.63. The summed E-state index contributed by atoms with van der Waals surface area (Å²) in [6, 6.07) is 15.4. The van der Waals surface area contributed by atoms with Crippen LogP contribution in [0.15, 0.2) is 48.5 Å². The predicted octanol–water partition coefficient (Wildman–Crippen LogP) is 4.31. The van der Waals surface area contributed by atoms with Crippen LogP contribution in [0.3, 0.4) is 0 Å². The molecule has 2 aromatic carbocycles. The first-order valence-electron chi connectivity index (χ1n) is 8.41. The molecule has 0 saturated carbocycles. The van der Waals surface area contributed by atoms with Gasteiger partial charge in [-0.05, 0) is 25.2 Å². The topological polar surface area (TPSA) is 42.4 Å². The summed E-state index contributed by atoms with van der Waals surface area (Å²) >= 11 is 0. The SMILES string of the molecule is CCN(CC)CCOC(=O)c1c2ccccc2nc2ccccc12.Cl. The zero-order valence-corrected chi connectivity index (χ0v) is 15.4. The summed E-state index contributed by atoms with van der Waals surface area (Å²) in [4.78, 5) is 19.6. The molecule has 0 amide bonds. The Kier molecular flexibility index (Phi) is 6.73. The first-order chi connectivity index (χ1) is 11.7. The van der Waals surface area contributed by atoms with Crippen LogP contribution in [0.2, 0.25) is 0 Å². The van der Waals surface area contributed by atoms with E-state index in [0.29, 0.717) is 12.2 Å². The maximum absolute atomic E-state index is 12.8. The van der Waals surface area contributed by atoms with Crippen LogP contribution in [-0.4, -0.2) is 42.1 Å². The third-order valence-electron chi connectivity index (χ3n) is 4.33. The average molecular weight is 359 g/mol. The van der Waals surface area contributed by atoms with Crippen LogP contribution in [0.4, 0.5) is 0 Å². The highest BCUT2D eigenvalue weighted by Crippen LogP contribution is 2.26. The highest BCUT2D eigenvalue weighted by atomic mass is 35.5. The molecule has 1 heterocycles. The number of hydrogen-bond acceptors (Lipinski definition) is 4. The van der Waals surface area contributed by atoms with Crippen molar-refractivity contribution in [1.82, 2.24) is 9.88 Å². The molecule has 0 bridgehead atoms. The van der Waals surface area contributed by atoms with E-state index in [4.69, 9.17) is 4.74 Å². The number of fused-ring (bicyclic) bond motifs is 2. The van der Waals surface area contributed by atoms with Crippen LogP contribution < -0.4 is 0 Å². The lowest BCUT2D eigenvalue weighted by atomic mass is 10.0. The lowest BCUT2D eigenvalue weighted by molar-refractivity contribution is 0.0471. The van der Waals surface area contributed by atoms with Gasteiger partial charge in [0.1, 0.15) is 6.61 Å². The fourth-order valence-corrected chi connectivity index (χ4v) is 2.94. The summed E-state index contributed by atoms with van der Waals surface area (Å²) in [5.74, 6) is -0.281. The number of pyridine rings is 1. The molecule has 1 aromatic heterocycles. The number of esters is 1. The molecule has 0 spiro atoms. The van der Waals surface area contributed by atoms with Gasteiger partial charge in [0.2, 0.25) is 0 Å². The number of benzene rings is 2. The van der Waals surface area contributed by atoms with E-state index in [0.717, 1.165) is 41.4 Å². The molecule has 0 unspecified atom stereocenters. The number of rotatable bonds is 6. The van der Waals surface area contributed by atoms with E-state index in [1.807, 2.05) is 48.5 Å². The van der Waals surface area contributed by atoms with Gasteiger partial charge in [-0.3, -0.25) is 0 Å². The van der Waals surface area contributed by atoms with Crippen molar-refractivity contribution in [2.75, 3.05) is 26.2 Å². The number of hydrogen-bond donors (Lipinski definition) is 0. The van der Waals surface area contributed by atoms with E-state index in [9.17, 15) is 4.79 Å². The van der Waals surface area contributed by atoms with Crippen LogP contribution in [-0.2, 0) is 4.74 Å². The van der Waals surface area contributed by atoms with E-state index >= 15 is 0 Å². The molecule has 0 N–H and O–H groups in total. The minimum Gasteiger partial charge on any atom is -0.461 e. The number of carbonyl (C=O) groups is 1. The van der Waals surface area contributed by atoms with Crippen molar-refractivity contribution < 1.29 is 9.53 Å². The summed E-state index contributed by atoms with van der Waals surface area (Å²) in [5.41, 5.74) is 2.23. The first kappa shape index (κ1) is 19.2. The summed E-state index contributed by atoms with van der Waals surface area (Å²) in [6.07, 6.45) is 0. The quantitative estimate of drug-likeness (QED) is 0.486. The number of carbonyl (C=O) groups excluding carboxylic acids is 1. The van der Waals surface area contributed by atoms with Crippen molar-refractivity contribution in [3.8, 4) is 0 Å². The Hall–Kier alpha value is -2.17. The van der Waals surface area contributed by atoms with Crippen molar-refractivity contribution in [2.45, 2.75) is 13.8 Å². The zero-order valence-electron chi connectivity index (χ0n) is 14.6. The number of nitrogens with zero attached hydrogens (tertiary/aromatic N) is 2. The lowest BCUT2D eigenvalue weighted by Crippen LogP contribution is -2.28. The van der Waals surface area contributed by atoms with Gasteiger partial charge in [-0.25, -0.2) is 9.78 Å². The lowest BCUT2D eigenvalue weighted by Gasteiger charge is -2.18. The third-order valence-corrected chi connectivity index (χ3v) is 4.33. The fraction of sp³-hybridized carbons (Fsp3) is 0.300. The molecular weight excluding hydrogens is 336 g/mol. The van der Waals surface area contributed by atoms with E-state index < -0.39 is 0 Å². The van der Waals surface area contributed by atoms with Gasteiger partial charge in [-0.15, -0.1) is 12.4 Å². The Balaban J connectivity index is 0.00000225. The molecule has 25 heavy (non-hydrogen) atoms. The second-order valence-electron chi connectivity index (χ2n) is 5.68. The highest BCUT2D eigenvalue weighted by Gasteiger charge is 2.17. The van der Waals surface area contributed by atoms with Crippen molar-refractivity contribution in [1.29, 1.82) is 0 Å². The number of likely N-dealkylation sites (N-methyl/N-ethyl adjacent to an activating group) is 1. The van der Waals surface area contributed by atoms with Gasteiger partial charge in [0.15, 0.2) is 0 Å². The van der Waals surface area contributed by atoms with Crippen LogP contribution >= 0.6 is 12.4 Å². The third kappa shape index (κ3) is 4.09. The minimum absolute atomic E-state index is 0. The zero-order chi connectivity index (χ0) is 16.9. The largest absolute Gasteiger partial charge is 0.461 e. The van der Waals surface area contributed by atoms with Gasteiger partial charge in [-0.2, -0.15) is 0 Å². The van der Waals surface area contributed by atoms with Crippen molar-refractivity contribution in [3.63, 3.8) is 0 Å². The standard InChI is InChI=1S/C20H22N2O2.ClH/c1-3-22(4-2)13-14-24-20(23)19-15-9-5-7-11-17(15)21-18-12-8-6-10-16(18)19;/h5-12H,3-4,13-14H2,1-2H3;1H. The Morgan fingerprint density at radius 1 is 0.960 bits per heavy atom. The number of halogens is 1. The first-order valence-corrected chi connectivity index (χ1v) is 8.41. The second-order valence-corrected chi connectivity index (χ2v) is 5.68. The molecule has 3 rings (SSSR count). The van der Waals surface area contributed by atoms with Crippen molar-refractivity contribution in [3.05, 3.63) is 54.1 Å².